The van der Waals surface area contributed by atoms with Gasteiger partial charge in [0.25, 0.3) is 0 Å². The van der Waals surface area contributed by atoms with Gasteiger partial charge in [-0.25, -0.2) is 4.79 Å². The molecule has 0 spiro atoms. The van der Waals surface area contributed by atoms with Gasteiger partial charge in [0.05, 0.1) is 17.2 Å². The van der Waals surface area contributed by atoms with Crippen LogP contribution in [0.25, 0.3) is 0 Å². The molecule has 3 amide bonds. The van der Waals surface area contributed by atoms with E-state index >= 15 is 0 Å². The first-order chi connectivity index (χ1) is 17.5. The summed E-state index contributed by atoms with van der Waals surface area (Å²) >= 11 is 0. The number of carbonyl (C=O) groups excluding carboxylic acids is 3. The maximum Gasteiger partial charge on any atom is 0.457 e. The minimum Gasteiger partial charge on any atom is -0.445 e. The van der Waals surface area contributed by atoms with Gasteiger partial charge in [0.15, 0.2) is 0 Å². The summed E-state index contributed by atoms with van der Waals surface area (Å²) in [5, 5.41) is 8.82. The number of nitrogens with one attached hydrogen (secondary N) is 3. The van der Waals surface area contributed by atoms with Crippen molar-refractivity contribution in [1.29, 1.82) is 0 Å². The quantitative estimate of drug-likeness (QED) is 0.439. The molecule has 1 heterocycles. The van der Waals surface area contributed by atoms with Crippen molar-refractivity contribution < 1.29 is 28.4 Å². The van der Waals surface area contributed by atoms with E-state index in [0.717, 1.165) is 5.56 Å². The average molecular weight is 529 g/mol. The van der Waals surface area contributed by atoms with E-state index in [1.807, 2.05) is 78.8 Å². The summed E-state index contributed by atoms with van der Waals surface area (Å²) in [5.41, 5.74) is -1.83. The maximum absolute atomic E-state index is 13.7. The van der Waals surface area contributed by atoms with Gasteiger partial charge in [-0.15, -0.1) is 0 Å². The van der Waals surface area contributed by atoms with Crippen molar-refractivity contribution in [3.05, 3.63) is 35.9 Å². The summed E-state index contributed by atoms with van der Waals surface area (Å²) in [6.45, 7) is 15.2. The summed E-state index contributed by atoms with van der Waals surface area (Å²) < 4.78 is 17.8. The molecule has 1 aromatic rings. The molecule has 0 radical (unpaired) electrons. The van der Waals surface area contributed by atoms with Gasteiger partial charge in [-0.05, 0) is 79.1 Å². The van der Waals surface area contributed by atoms with E-state index in [2.05, 4.69) is 16.0 Å². The highest BCUT2D eigenvalue weighted by atomic mass is 16.7. The van der Waals surface area contributed by atoms with E-state index < -0.39 is 34.4 Å². The molecular formula is C28H44BN3O6. The molecule has 1 aliphatic heterocycles. The average Bonchev–Trinajstić information content (AvgIpc) is 3.22. The lowest BCUT2D eigenvalue weighted by Gasteiger charge is -2.37. The van der Waals surface area contributed by atoms with Gasteiger partial charge >= 0.3 is 13.2 Å². The molecule has 0 aromatic heterocycles. The predicted molar refractivity (Wildman–Crippen MR) is 146 cm³/mol. The Balaban J connectivity index is 1.77. The van der Waals surface area contributed by atoms with Gasteiger partial charge in [-0.3, -0.25) is 9.59 Å². The molecule has 3 atom stereocenters. The fraction of sp³-hybridized carbons (Fsp3) is 0.679. The van der Waals surface area contributed by atoms with Gasteiger partial charge in [0.2, 0.25) is 11.8 Å². The summed E-state index contributed by atoms with van der Waals surface area (Å²) in [6.07, 6.45) is 1.58. The number of hydrogen-bond donors (Lipinski definition) is 3. The highest BCUT2D eigenvalue weighted by Crippen LogP contribution is 2.42. The lowest BCUT2D eigenvalue weighted by Crippen LogP contribution is -2.68. The van der Waals surface area contributed by atoms with Crippen LogP contribution in [-0.2, 0) is 30.2 Å². The van der Waals surface area contributed by atoms with Crippen LogP contribution < -0.4 is 16.0 Å². The Morgan fingerprint density at radius 3 is 2.21 bits per heavy atom. The molecule has 2 fully saturated rings. The van der Waals surface area contributed by atoms with Crippen LogP contribution in [0, 0.1) is 5.92 Å². The van der Waals surface area contributed by atoms with Crippen LogP contribution in [0.15, 0.2) is 30.3 Å². The van der Waals surface area contributed by atoms with Gasteiger partial charge in [0.1, 0.15) is 12.1 Å². The SMILES string of the molecule is CC(=O)NC1(C(=O)NC(C)(C)C)CC(CCB2OC(C)(C)C(C)(C)O2)CC1NC(=O)OCc1ccccc1. The number of carbonyl (C=O) groups is 3. The lowest BCUT2D eigenvalue weighted by molar-refractivity contribution is -0.134. The zero-order valence-electron chi connectivity index (χ0n) is 24.1. The highest BCUT2D eigenvalue weighted by Gasteiger charge is 2.56. The smallest absolute Gasteiger partial charge is 0.445 e. The second kappa shape index (κ2) is 11.3. The molecule has 1 saturated heterocycles. The van der Waals surface area contributed by atoms with Crippen LogP contribution in [0.5, 0.6) is 0 Å². The molecule has 1 aliphatic carbocycles. The first kappa shape index (κ1) is 30.0. The van der Waals surface area contributed by atoms with E-state index in [1.54, 1.807) is 0 Å². The third-order valence-corrected chi connectivity index (χ3v) is 7.68. The molecule has 9 nitrogen and oxygen atoms in total. The van der Waals surface area contributed by atoms with Gasteiger partial charge in [-0.2, -0.15) is 0 Å². The monoisotopic (exact) mass is 529 g/mol. The largest absolute Gasteiger partial charge is 0.457 e. The standard InChI is InChI=1S/C28H44BN3O6/c1-19(33)31-28(23(34)32-25(2,3)4)17-21(14-15-29-37-26(5,6)27(7,8)38-29)16-22(28)30-24(35)36-18-20-12-10-9-11-13-20/h9-13,21-22H,14-18H2,1-8H3,(H,30,35)(H,31,33)(H,32,34). The third kappa shape index (κ3) is 7.29. The van der Waals surface area contributed by atoms with Crippen molar-refractivity contribution in [3.63, 3.8) is 0 Å². The summed E-state index contributed by atoms with van der Waals surface area (Å²) in [7, 11) is -0.360. The number of hydrogen-bond acceptors (Lipinski definition) is 6. The van der Waals surface area contributed by atoms with Crippen LogP contribution in [0.4, 0.5) is 4.79 Å². The second-order valence-electron chi connectivity index (χ2n) is 12.7. The molecule has 3 rings (SSSR count). The number of benzene rings is 1. The van der Waals surface area contributed by atoms with Crippen LogP contribution in [0.2, 0.25) is 6.32 Å². The lowest BCUT2D eigenvalue weighted by atomic mass is 9.79. The van der Waals surface area contributed by atoms with Gasteiger partial charge in [-0.1, -0.05) is 36.8 Å². The fourth-order valence-electron chi connectivity index (χ4n) is 5.19. The van der Waals surface area contributed by atoms with E-state index in [1.165, 1.54) is 6.92 Å². The third-order valence-electron chi connectivity index (χ3n) is 7.68. The molecule has 0 bridgehead atoms. The van der Waals surface area contributed by atoms with Crippen LogP contribution in [-0.4, -0.2) is 53.3 Å². The van der Waals surface area contributed by atoms with Gasteiger partial charge in [0, 0.05) is 12.5 Å². The zero-order chi connectivity index (χ0) is 28.4. The van der Waals surface area contributed by atoms with Gasteiger partial charge < -0.3 is 30.0 Å². The highest BCUT2D eigenvalue weighted by molar-refractivity contribution is 6.45. The van der Waals surface area contributed by atoms with E-state index in [9.17, 15) is 14.4 Å². The first-order valence-corrected chi connectivity index (χ1v) is 13.5. The molecule has 3 N–H and O–H groups in total. The van der Waals surface area contributed by atoms with Crippen molar-refractivity contribution >= 4 is 25.0 Å². The van der Waals surface area contributed by atoms with Crippen molar-refractivity contribution in [2.24, 2.45) is 5.92 Å². The summed E-state index contributed by atoms with van der Waals surface area (Å²) in [5.74, 6) is -0.636. The van der Waals surface area contributed by atoms with Crippen LogP contribution >= 0.6 is 0 Å². The molecule has 38 heavy (non-hydrogen) atoms. The number of amides is 3. The zero-order valence-corrected chi connectivity index (χ0v) is 24.1. The topological polar surface area (TPSA) is 115 Å². The Morgan fingerprint density at radius 2 is 1.66 bits per heavy atom. The van der Waals surface area contributed by atoms with Crippen LogP contribution in [0.1, 0.15) is 80.2 Å². The maximum atomic E-state index is 13.7. The Morgan fingerprint density at radius 1 is 1.05 bits per heavy atom. The molecule has 2 aliphatic rings. The summed E-state index contributed by atoms with van der Waals surface area (Å²) in [4.78, 5) is 38.9. The fourth-order valence-corrected chi connectivity index (χ4v) is 5.19. The van der Waals surface area contributed by atoms with E-state index in [4.69, 9.17) is 14.0 Å². The van der Waals surface area contributed by atoms with Crippen LogP contribution in [0.3, 0.4) is 0 Å². The normalized spacial score (nSPS) is 26.1. The first-order valence-electron chi connectivity index (χ1n) is 13.5. The van der Waals surface area contributed by atoms with Crippen molar-refractivity contribution in [1.82, 2.24) is 16.0 Å². The number of alkyl carbamates (subject to hydrolysis) is 1. The van der Waals surface area contributed by atoms with Crippen molar-refractivity contribution in [3.8, 4) is 0 Å². The molecule has 210 valence electrons. The van der Waals surface area contributed by atoms with Crippen molar-refractivity contribution in [2.75, 3.05) is 0 Å². The molecule has 1 saturated carbocycles. The summed E-state index contributed by atoms with van der Waals surface area (Å²) in [6, 6.07) is 8.72. The molecular weight excluding hydrogens is 485 g/mol. The molecule has 3 unspecified atom stereocenters. The minimum absolute atomic E-state index is 0.0333. The Bertz CT molecular complexity index is 994. The molecule has 1 aromatic carbocycles. The molecule has 10 heteroatoms. The Labute approximate surface area is 227 Å². The second-order valence-corrected chi connectivity index (χ2v) is 12.7. The van der Waals surface area contributed by atoms with E-state index in [0.29, 0.717) is 25.6 Å². The Hall–Kier alpha value is -2.59. The minimum atomic E-state index is -1.31. The van der Waals surface area contributed by atoms with E-state index in [-0.39, 0.29) is 31.5 Å². The Kier molecular flexibility index (Phi) is 8.88. The van der Waals surface area contributed by atoms with Crippen molar-refractivity contribution in [2.45, 2.75) is 116 Å². The number of rotatable bonds is 8. The number of ether oxygens (including phenoxy) is 1. The predicted octanol–water partition coefficient (Wildman–Crippen LogP) is 3.96.